The lowest BCUT2D eigenvalue weighted by molar-refractivity contribution is -0.138. The van der Waals surface area contributed by atoms with Gasteiger partial charge < -0.3 is 20.8 Å². The molecule has 3 rings (SSSR count). The molecule has 0 atom stereocenters. The molecule has 1 aromatic carbocycles. The predicted octanol–water partition coefficient (Wildman–Crippen LogP) is 2.54. The normalized spacial score (nSPS) is 16.4. The van der Waals surface area contributed by atoms with Crippen LogP contribution < -0.4 is 10.6 Å². The van der Waals surface area contributed by atoms with E-state index in [1.54, 1.807) is 18.2 Å². The van der Waals surface area contributed by atoms with E-state index in [4.69, 9.17) is 5.11 Å². The standard InChI is InChI=1S/C17H14N4O5S2/c22-10-3-1-9(2-4-10)19-17-21-15(26)12(28-17)7-11-8-18-16(27-11)20-13(23)5-6-14(24)25/h1-4,7-8,22H,5-6H2,(H,24,25)(H,18,20,23)(H,19,21,26). The zero-order valence-electron chi connectivity index (χ0n) is 14.2. The molecule has 0 unspecified atom stereocenters. The summed E-state index contributed by atoms with van der Waals surface area (Å²) in [7, 11) is 0. The summed E-state index contributed by atoms with van der Waals surface area (Å²) >= 11 is 2.32. The number of thiazole rings is 1. The lowest BCUT2D eigenvalue weighted by Crippen LogP contribution is -2.19. The van der Waals surface area contributed by atoms with Crippen molar-refractivity contribution in [1.29, 1.82) is 0 Å². The summed E-state index contributed by atoms with van der Waals surface area (Å²) in [4.78, 5) is 43.6. The van der Waals surface area contributed by atoms with Gasteiger partial charge in [-0.25, -0.2) is 9.98 Å². The van der Waals surface area contributed by atoms with Gasteiger partial charge >= 0.3 is 5.97 Å². The van der Waals surface area contributed by atoms with Crippen molar-refractivity contribution in [3.63, 3.8) is 0 Å². The van der Waals surface area contributed by atoms with Gasteiger partial charge in [0.25, 0.3) is 5.91 Å². The number of aromatic hydroxyl groups is 1. The Labute approximate surface area is 167 Å². The number of nitrogens with one attached hydrogen (secondary N) is 2. The van der Waals surface area contributed by atoms with Gasteiger partial charge in [0.15, 0.2) is 10.3 Å². The summed E-state index contributed by atoms with van der Waals surface area (Å²) in [6.07, 6.45) is 2.74. The van der Waals surface area contributed by atoms with Crippen molar-refractivity contribution >= 4 is 62.9 Å². The number of phenolic OH excluding ortho intramolecular Hbond substituents is 1. The fourth-order valence-electron chi connectivity index (χ4n) is 2.07. The van der Waals surface area contributed by atoms with Crippen LogP contribution in [0.3, 0.4) is 0 Å². The van der Waals surface area contributed by atoms with Crippen LogP contribution in [0.25, 0.3) is 6.08 Å². The van der Waals surface area contributed by atoms with E-state index in [2.05, 4.69) is 20.6 Å². The topological polar surface area (TPSA) is 141 Å². The summed E-state index contributed by atoms with van der Waals surface area (Å²) in [5, 5.41) is 23.8. The number of nitrogens with zero attached hydrogens (tertiary/aromatic N) is 2. The first-order valence-electron chi connectivity index (χ1n) is 7.95. The minimum Gasteiger partial charge on any atom is -0.508 e. The van der Waals surface area contributed by atoms with Crippen molar-refractivity contribution in [2.45, 2.75) is 12.8 Å². The maximum absolute atomic E-state index is 12.1. The predicted molar refractivity (Wildman–Crippen MR) is 107 cm³/mol. The van der Waals surface area contributed by atoms with Gasteiger partial charge in [0.05, 0.1) is 21.9 Å². The van der Waals surface area contributed by atoms with Crippen molar-refractivity contribution in [2.75, 3.05) is 5.32 Å². The first-order valence-corrected chi connectivity index (χ1v) is 9.58. The number of carboxylic acid groups (broad SMARTS) is 1. The maximum Gasteiger partial charge on any atom is 0.303 e. The molecule has 1 aromatic heterocycles. The molecule has 1 fully saturated rings. The Kier molecular flexibility index (Phi) is 6.06. The molecule has 2 aromatic rings. The molecule has 1 aliphatic rings. The van der Waals surface area contributed by atoms with Crippen LogP contribution in [0.2, 0.25) is 0 Å². The smallest absolute Gasteiger partial charge is 0.303 e. The van der Waals surface area contributed by atoms with Crippen molar-refractivity contribution in [3.8, 4) is 5.75 Å². The van der Waals surface area contributed by atoms with Crippen LogP contribution >= 0.6 is 23.1 Å². The Balaban J connectivity index is 1.64. The number of anilines is 1. The molecule has 0 radical (unpaired) electrons. The number of hydrogen-bond acceptors (Lipinski definition) is 8. The van der Waals surface area contributed by atoms with Gasteiger partial charge in [-0.2, -0.15) is 0 Å². The summed E-state index contributed by atoms with van der Waals surface area (Å²) in [6, 6.07) is 6.25. The molecular formula is C17H14N4O5S2. The van der Waals surface area contributed by atoms with Gasteiger partial charge in [0, 0.05) is 12.6 Å². The number of aromatic nitrogens is 1. The summed E-state index contributed by atoms with van der Waals surface area (Å²) in [5.74, 6) is -1.66. The lowest BCUT2D eigenvalue weighted by Gasteiger charge is -1.98. The molecule has 2 amide bonds. The fourth-order valence-corrected chi connectivity index (χ4v) is 3.75. The molecule has 11 heteroatoms. The number of amides is 2. The first-order chi connectivity index (χ1) is 13.4. The van der Waals surface area contributed by atoms with Crippen LogP contribution in [0.5, 0.6) is 5.75 Å². The van der Waals surface area contributed by atoms with Crippen molar-refractivity contribution in [1.82, 2.24) is 10.3 Å². The lowest BCUT2D eigenvalue weighted by atomic mass is 10.3. The highest BCUT2D eigenvalue weighted by molar-refractivity contribution is 8.18. The zero-order chi connectivity index (χ0) is 20.1. The molecule has 4 N–H and O–H groups in total. The van der Waals surface area contributed by atoms with Crippen LogP contribution in [0, 0.1) is 0 Å². The van der Waals surface area contributed by atoms with Crippen LogP contribution in [0.15, 0.2) is 40.4 Å². The molecule has 0 spiro atoms. The Morgan fingerprint density at radius 2 is 2.00 bits per heavy atom. The van der Waals surface area contributed by atoms with Crippen LogP contribution in [0.4, 0.5) is 10.8 Å². The number of carbonyl (C=O) groups excluding carboxylic acids is 2. The van der Waals surface area contributed by atoms with Gasteiger partial charge in [-0.05, 0) is 42.1 Å². The second-order valence-corrected chi connectivity index (χ2v) is 7.60. The number of hydrogen-bond donors (Lipinski definition) is 4. The number of benzene rings is 1. The van der Waals surface area contributed by atoms with E-state index < -0.39 is 11.9 Å². The number of amidine groups is 1. The monoisotopic (exact) mass is 418 g/mol. The van der Waals surface area contributed by atoms with Crippen molar-refractivity contribution in [2.24, 2.45) is 4.99 Å². The first kappa shape index (κ1) is 19.6. The highest BCUT2D eigenvalue weighted by atomic mass is 32.2. The molecule has 144 valence electrons. The number of carbonyl (C=O) groups is 3. The van der Waals surface area contributed by atoms with Crippen molar-refractivity contribution in [3.05, 3.63) is 40.2 Å². The van der Waals surface area contributed by atoms with E-state index in [0.29, 0.717) is 25.8 Å². The SMILES string of the molecule is O=C(O)CCC(=O)Nc1ncc(C=C2SC(=Nc3ccc(O)cc3)NC2=O)s1. The van der Waals surface area contributed by atoms with Gasteiger partial charge in [0.2, 0.25) is 5.91 Å². The molecule has 0 aliphatic carbocycles. The minimum atomic E-state index is -1.05. The highest BCUT2D eigenvalue weighted by Crippen LogP contribution is 2.30. The van der Waals surface area contributed by atoms with E-state index in [1.807, 2.05) is 0 Å². The number of phenols is 1. The summed E-state index contributed by atoms with van der Waals surface area (Å²) < 4.78 is 0. The number of thioether (sulfide) groups is 1. The number of rotatable bonds is 6. The number of aliphatic imine (C=N–C) groups is 1. The van der Waals surface area contributed by atoms with Crippen LogP contribution in [-0.4, -0.2) is 38.1 Å². The Bertz CT molecular complexity index is 982. The van der Waals surface area contributed by atoms with Gasteiger partial charge in [-0.3, -0.25) is 14.4 Å². The van der Waals surface area contributed by atoms with Crippen LogP contribution in [-0.2, 0) is 14.4 Å². The molecule has 28 heavy (non-hydrogen) atoms. The Morgan fingerprint density at radius 3 is 2.71 bits per heavy atom. The van der Waals surface area contributed by atoms with E-state index in [0.717, 1.165) is 23.1 Å². The molecule has 0 saturated carbocycles. The van der Waals surface area contributed by atoms with Gasteiger partial charge in [-0.1, -0.05) is 11.3 Å². The summed E-state index contributed by atoms with van der Waals surface area (Å²) in [5.41, 5.74) is 0.589. The van der Waals surface area contributed by atoms with E-state index in [9.17, 15) is 19.5 Å². The van der Waals surface area contributed by atoms with Gasteiger partial charge in [-0.15, -0.1) is 0 Å². The second-order valence-electron chi connectivity index (χ2n) is 5.51. The van der Waals surface area contributed by atoms with Gasteiger partial charge in [0.1, 0.15) is 5.75 Å². The largest absolute Gasteiger partial charge is 0.508 e. The van der Waals surface area contributed by atoms with E-state index in [1.165, 1.54) is 18.3 Å². The summed E-state index contributed by atoms with van der Waals surface area (Å²) in [6.45, 7) is 0. The van der Waals surface area contributed by atoms with E-state index in [-0.39, 0.29) is 24.5 Å². The molecule has 1 aliphatic heterocycles. The third-order valence-electron chi connectivity index (χ3n) is 3.34. The second kappa shape index (κ2) is 8.67. The Hall–Kier alpha value is -3.18. The molecule has 0 bridgehead atoms. The maximum atomic E-state index is 12.1. The number of aliphatic carboxylic acids is 1. The molecule has 2 heterocycles. The Morgan fingerprint density at radius 1 is 1.25 bits per heavy atom. The van der Waals surface area contributed by atoms with Crippen molar-refractivity contribution < 1.29 is 24.6 Å². The average molecular weight is 418 g/mol. The minimum absolute atomic E-state index is 0.128. The third kappa shape index (κ3) is 5.41. The third-order valence-corrected chi connectivity index (χ3v) is 5.11. The average Bonchev–Trinajstić information content (AvgIpc) is 3.22. The fraction of sp³-hybridized carbons (Fsp3) is 0.118. The molecule has 1 saturated heterocycles. The molecule has 9 nitrogen and oxygen atoms in total. The number of carboxylic acids is 1. The highest BCUT2D eigenvalue weighted by Gasteiger charge is 2.24. The van der Waals surface area contributed by atoms with Crippen LogP contribution in [0.1, 0.15) is 17.7 Å². The zero-order valence-corrected chi connectivity index (χ0v) is 15.8. The molecular weight excluding hydrogens is 404 g/mol. The van der Waals surface area contributed by atoms with E-state index >= 15 is 0 Å². The quantitative estimate of drug-likeness (QED) is 0.528.